The molecule has 5 saturated heterocycles. The van der Waals surface area contributed by atoms with Crippen LogP contribution < -0.4 is 102 Å². The first-order valence-corrected chi connectivity index (χ1v) is 39.7. The van der Waals surface area contributed by atoms with Crippen LogP contribution in [0.15, 0.2) is 128 Å². The van der Waals surface area contributed by atoms with Crippen molar-refractivity contribution in [2.75, 3.05) is 323 Å². The Bertz CT molecular complexity index is 3940. The summed E-state index contributed by atoms with van der Waals surface area (Å²) in [7, 11) is 22.4. The van der Waals surface area contributed by atoms with E-state index in [4.69, 9.17) is 107 Å². The van der Waals surface area contributed by atoms with E-state index in [0.29, 0.717) is 119 Å². The van der Waals surface area contributed by atoms with Crippen molar-refractivity contribution in [3.63, 3.8) is 0 Å². The number of imidazole rings is 1. The molecule has 0 bridgehead atoms. The van der Waals surface area contributed by atoms with Gasteiger partial charge in [0.25, 0.3) is 0 Å². The van der Waals surface area contributed by atoms with Crippen LogP contribution in [0.5, 0.6) is 34.5 Å². The molecule has 7 aromatic rings. The molecule has 30 heteroatoms. The number of aryl methyl sites for hydroxylation is 1. The highest BCUT2D eigenvalue weighted by atomic mass is 16.5. The molecule has 1 aromatic heterocycles. The fraction of sp³-hybridized carbons (Fsp3) is 0.530. The molecule has 30 nitrogen and oxygen atoms in total. The van der Waals surface area contributed by atoms with E-state index >= 15 is 0 Å². The average Bonchev–Trinajstić information content (AvgIpc) is 1.84. The van der Waals surface area contributed by atoms with E-state index in [1.54, 1.807) is 54.6 Å². The van der Waals surface area contributed by atoms with E-state index in [9.17, 15) is 0 Å². The number of benzene rings is 6. The van der Waals surface area contributed by atoms with Crippen molar-refractivity contribution in [1.29, 1.82) is 0 Å². The number of nitrogens with two attached hydrogens (primary N) is 12. The van der Waals surface area contributed by atoms with E-state index in [-0.39, 0.29) is 0 Å². The Kier molecular flexibility index (Phi) is 35.5. The van der Waals surface area contributed by atoms with E-state index < -0.39 is 0 Å². The quantitative estimate of drug-likeness (QED) is 0.0139. The number of nitrogens with zero attached hydrogens (tertiary/aromatic N) is 10. The Hall–Kier alpha value is -9.47. The van der Waals surface area contributed by atoms with Gasteiger partial charge >= 0.3 is 0 Å². The van der Waals surface area contributed by atoms with Crippen LogP contribution in [0.4, 0.5) is 68.2 Å². The van der Waals surface area contributed by atoms with Crippen LogP contribution in [-0.2, 0) is 23.1 Å². The van der Waals surface area contributed by atoms with E-state index in [0.717, 1.165) is 182 Å². The van der Waals surface area contributed by atoms with Gasteiger partial charge in [-0.05, 0) is 116 Å². The molecule has 5 fully saturated rings. The molecule has 12 rings (SSSR count). The number of rotatable bonds is 27. The highest BCUT2D eigenvalue weighted by Gasteiger charge is 2.33. The van der Waals surface area contributed by atoms with E-state index in [1.165, 1.54) is 45.7 Å². The Morgan fingerprint density at radius 1 is 0.381 bits per heavy atom. The molecule has 5 aliphatic heterocycles. The lowest BCUT2D eigenvalue weighted by Crippen LogP contribution is -2.55. The molecular formula is C83H142N22O8+6. The Morgan fingerprint density at radius 3 is 1.04 bits per heavy atom. The van der Waals surface area contributed by atoms with Gasteiger partial charge in [0.2, 0.25) is 6.33 Å². The Morgan fingerprint density at radius 2 is 0.699 bits per heavy atom. The summed E-state index contributed by atoms with van der Waals surface area (Å²) in [6.45, 7) is 29.2. The zero-order chi connectivity index (χ0) is 82.2. The van der Waals surface area contributed by atoms with Crippen molar-refractivity contribution >= 4 is 68.2 Å². The molecule has 0 amide bonds. The third kappa shape index (κ3) is 33.3. The van der Waals surface area contributed by atoms with Crippen molar-refractivity contribution in [2.24, 2.45) is 7.05 Å². The van der Waals surface area contributed by atoms with Crippen LogP contribution in [0.3, 0.4) is 0 Å². The number of anilines is 12. The zero-order valence-electron chi connectivity index (χ0n) is 69.7. The van der Waals surface area contributed by atoms with Crippen LogP contribution in [0.2, 0.25) is 0 Å². The fourth-order valence-electron chi connectivity index (χ4n) is 13.3. The third-order valence-corrected chi connectivity index (χ3v) is 21.4. The standard InChI is InChI=1S/2C15H27N4O.C14H25N4O.C14H24N3O2.C13H22N3O2.C12H17N4O/c1-19(2,3)13-6-7-18(11-13)8-9-20-15-5-4-12(16)10-14(15)17;1-19(2)9-7-18(8-10-19)6-3-11-20-15-5-4-13(16)12-14(15)17;1-18(2)8-5-17(6-9-18)7-10-19-14-4-3-12(15)11-13(14)16;1-17(6-9-18-10-7-17)5-2-8-19-14-4-3-12(15)11-13(14)16;1-16(4-7-17-8-5-16)6-9-18-13-3-2-11(14)10-12(13)15;1-15-4-5-16(9-15)6-7-17-12-3-2-10(13)8-11(12)14/h4-5,10,13H,6-9,11,16-17H2,1-3H3;4-5,12H,3,6-11,16-17H2,1-2H3;3-4,11H,5-10,15-16H2,1-2H3;3-4,11H,2,5-10,15-16H2,1H3;2-3,10H,4-9,14-15H2,1H3;2-5,8-9H,6-7,13-14H2,1H3/q6*+1. The van der Waals surface area contributed by atoms with Gasteiger partial charge in [0, 0.05) is 99.3 Å². The third-order valence-electron chi connectivity index (χ3n) is 21.4. The number of ether oxygens (including phenoxy) is 8. The number of hydrogen-bond acceptors (Lipinski definition) is 23. The van der Waals surface area contributed by atoms with E-state index in [1.807, 2.05) is 89.5 Å². The summed E-state index contributed by atoms with van der Waals surface area (Å²) < 4.78 is 54.3. The van der Waals surface area contributed by atoms with Crippen LogP contribution in [-0.4, -0.2) is 302 Å². The van der Waals surface area contributed by atoms with Crippen LogP contribution in [0, 0.1) is 0 Å². The summed E-state index contributed by atoms with van der Waals surface area (Å²) >= 11 is 0. The maximum Gasteiger partial charge on any atom is 0.243 e. The molecule has 113 heavy (non-hydrogen) atoms. The summed E-state index contributed by atoms with van der Waals surface area (Å²) in [6.07, 6.45) is 9.27. The molecule has 0 aliphatic carbocycles. The Labute approximate surface area is 673 Å². The number of morpholine rings is 2. The van der Waals surface area contributed by atoms with Gasteiger partial charge in [0.1, 0.15) is 119 Å². The van der Waals surface area contributed by atoms with Gasteiger partial charge < -0.3 is 129 Å². The topological polar surface area (TPSA) is 405 Å². The number of hydrogen-bond donors (Lipinski definition) is 12. The maximum atomic E-state index is 5.87. The minimum absolute atomic E-state index is 0.572. The van der Waals surface area contributed by atoms with Gasteiger partial charge in [-0.3, -0.25) is 14.7 Å². The summed E-state index contributed by atoms with van der Waals surface area (Å²) in [5.41, 5.74) is 76.5. The lowest BCUT2D eigenvalue weighted by molar-refractivity contribution is -0.917. The monoisotopic (exact) mass is 1580 g/mol. The molecule has 0 spiro atoms. The number of piperazine rings is 2. The molecule has 6 heterocycles. The van der Waals surface area contributed by atoms with Crippen molar-refractivity contribution < 1.29 is 64.9 Å². The van der Waals surface area contributed by atoms with Crippen molar-refractivity contribution in [1.82, 2.24) is 19.3 Å². The van der Waals surface area contributed by atoms with Crippen LogP contribution in [0.25, 0.3) is 0 Å². The predicted molar refractivity (Wildman–Crippen MR) is 462 cm³/mol. The second-order valence-corrected chi connectivity index (χ2v) is 33.0. The van der Waals surface area contributed by atoms with Crippen molar-refractivity contribution in [3.05, 3.63) is 128 Å². The number of aromatic nitrogens is 2. The second kappa shape index (κ2) is 44.3. The smallest absolute Gasteiger partial charge is 0.243 e. The van der Waals surface area contributed by atoms with Gasteiger partial charge in [0.15, 0.2) is 0 Å². The molecule has 626 valence electrons. The minimum Gasteiger partial charge on any atom is -0.491 e. The summed E-state index contributed by atoms with van der Waals surface area (Å²) in [4.78, 5) is 7.41. The second-order valence-electron chi connectivity index (χ2n) is 33.0. The van der Waals surface area contributed by atoms with Crippen LogP contribution >= 0.6 is 0 Å². The predicted octanol–water partition coefficient (Wildman–Crippen LogP) is 5.00. The lowest BCUT2D eigenvalue weighted by Gasteiger charge is -2.39. The summed E-state index contributed by atoms with van der Waals surface area (Å²) in [5, 5.41) is 0. The molecule has 1 unspecified atom stereocenters. The van der Waals surface area contributed by atoms with Gasteiger partial charge in [-0.1, -0.05) is 0 Å². The molecule has 0 radical (unpaired) electrons. The van der Waals surface area contributed by atoms with Gasteiger partial charge in [-0.2, -0.15) is 0 Å². The lowest BCUT2D eigenvalue weighted by atomic mass is 10.2. The van der Waals surface area contributed by atoms with Crippen molar-refractivity contribution in [2.45, 2.75) is 31.8 Å². The summed E-state index contributed by atoms with van der Waals surface area (Å²) in [6, 6.07) is 32.9. The highest BCUT2D eigenvalue weighted by molar-refractivity contribution is 5.64. The highest BCUT2D eigenvalue weighted by Crippen LogP contribution is 2.29. The van der Waals surface area contributed by atoms with E-state index in [2.05, 4.69) is 78.1 Å². The number of likely N-dealkylation sites (tertiary alicyclic amines) is 1. The zero-order valence-corrected chi connectivity index (χ0v) is 69.7. The summed E-state index contributed by atoms with van der Waals surface area (Å²) in [5.74, 6) is 4.29. The first kappa shape index (κ1) is 90.7. The number of nitrogen functional groups attached to an aromatic ring is 12. The molecule has 0 saturated carbocycles. The largest absolute Gasteiger partial charge is 0.491 e. The minimum atomic E-state index is 0.572. The average molecular weight is 1580 g/mol. The molecule has 1 atom stereocenters. The Balaban J connectivity index is 0.000000188. The van der Waals surface area contributed by atoms with Crippen LogP contribution in [0.1, 0.15) is 19.3 Å². The SMILES string of the molecule is C[N+](C)(C)C1CCN(CCOc2ccc(N)cc2N)C1.C[N+]1(C)CCN(CCCOc2ccc(N)cc2N)CC1.C[N+]1(C)CCN(CCOc2ccc(N)cc2N)CC1.C[N+]1(CCCOc2ccc(N)cc2N)CCOCC1.C[N+]1(CCOc2ccc(N)cc2N)CCOCC1.C[n+]1ccn(CCOc2ccc(N)cc2N)c1. The van der Waals surface area contributed by atoms with Gasteiger partial charge in [0.05, 0.1) is 184 Å². The molecule has 24 N–H and O–H groups in total. The van der Waals surface area contributed by atoms with Gasteiger partial charge in [-0.15, -0.1) is 0 Å². The maximum absolute atomic E-state index is 5.87. The first-order valence-electron chi connectivity index (χ1n) is 39.7. The first-order chi connectivity index (χ1) is 53.6. The number of likely N-dealkylation sites (N-methyl/N-ethyl adjacent to an activating group) is 5. The number of quaternary nitrogens is 5. The molecule has 6 aromatic carbocycles. The normalized spacial score (nSPS) is 17.7. The fourth-order valence-corrected chi connectivity index (χ4v) is 13.3. The molecular weight excluding hydrogens is 1430 g/mol. The van der Waals surface area contributed by atoms with Gasteiger partial charge in [-0.25, -0.2) is 9.13 Å². The van der Waals surface area contributed by atoms with Crippen molar-refractivity contribution in [3.8, 4) is 34.5 Å². The molecule has 5 aliphatic rings.